The summed E-state index contributed by atoms with van der Waals surface area (Å²) in [7, 11) is 0. The Morgan fingerprint density at radius 2 is 1.96 bits per heavy atom. The zero-order valence-electron chi connectivity index (χ0n) is 17.8. The SMILES string of the molecule is CCC1=CC2C(CC1)C1CC(C)=C(CCC3CC=C(O)CC3)CC1C[C@@H]2C. The lowest BCUT2D eigenvalue weighted by atomic mass is 9.54. The summed E-state index contributed by atoms with van der Waals surface area (Å²) in [6.07, 6.45) is 18.9. The highest BCUT2D eigenvalue weighted by molar-refractivity contribution is 5.22. The van der Waals surface area contributed by atoms with Gasteiger partial charge in [0.05, 0.1) is 5.76 Å². The number of aliphatic hydroxyl groups excluding tert-OH is 1. The van der Waals surface area contributed by atoms with E-state index in [4.69, 9.17) is 0 Å². The first kappa shape index (κ1) is 19.3. The van der Waals surface area contributed by atoms with Gasteiger partial charge in [0.15, 0.2) is 0 Å². The summed E-state index contributed by atoms with van der Waals surface area (Å²) in [5, 5.41) is 9.61. The first-order valence-electron chi connectivity index (χ1n) is 11.8. The third kappa shape index (κ3) is 4.08. The largest absolute Gasteiger partial charge is 0.513 e. The average molecular weight is 369 g/mol. The second kappa shape index (κ2) is 8.18. The summed E-state index contributed by atoms with van der Waals surface area (Å²) in [5.74, 6) is 6.03. The van der Waals surface area contributed by atoms with Crippen molar-refractivity contribution in [1.82, 2.24) is 0 Å². The van der Waals surface area contributed by atoms with E-state index in [1.807, 2.05) is 0 Å². The molecule has 150 valence electrons. The van der Waals surface area contributed by atoms with Crippen molar-refractivity contribution in [1.29, 1.82) is 0 Å². The van der Waals surface area contributed by atoms with Gasteiger partial charge in [0.1, 0.15) is 0 Å². The van der Waals surface area contributed by atoms with E-state index in [0.29, 0.717) is 5.76 Å². The van der Waals surface area contributed by atoms with Crippen molar-refractivity contribution in [2.24, 2.45) is 35.5 Å². The maximum absolute atomic E-state index is 9.61. The van der Waals surface area contributed by atoms with Crippen LogP contribution in [0.5, 0.6) is 0 Å². The van der Waals surface area contributed by atoms with Crippen molar-refractivity contribution in [3.8, 4) is 0 Å². The van der Waals surface area contributed by atoms with E-state index in [2.05, 4.69) is 32.9 Å². The molecule has 0 aromatic carbocycles. The van der Waals surface area contributed by atoms with E-state index >= 15 is 0 Å². The van der Waals surface area contributed by atoms with Crippen LogP contribution in [0.2, 0.25) is 0 Å². The van der Waals surface area contributed by atoms with Crippen LogP contribution in [0.4, 0.5) is 0 Å². The molecule has 0 saturated heterocycles. The van der Waals surface area contributed by atoms with Crippen LogP contribution in [0.25, 0.3) is 0 Å². The summed E-state index contributed by atoms with van der Waals surface area (Å²) < 4.78 is 0. The van der Waals surface area contributed by atoms with Gasteiger partial charge in [-0.05, 0) is 113 Å². The lowest BCUT2D eigenvalue weighted by Crippen LogP contribution is -2.42. The molecule has 0 aromatic rings. The van der Waals surface area contributed by atoms with Crippen LogP contribution in [0.1, 0.15) is 91.4 Å². The number of allylic oxidation sites excluding steroid dienone is 6. The second-order valence-corrected chi connectivity index (χ2v) is 10.3. The number of aliphatic hydroxyl groups is 1. The molecule has 0 aliphatic heterocycles. The molecular weight excluding hydrogens is 328 g/mol. The van der Waals surface area contributed by atoms with Crippen molar-refractivity contribution in [2.45, 2.75) is 91.4 Å². The standard InChI is InChI=1S/C26H40O/c1-4-19-8-12-24-25(15-19)18(3)13-22-16-21(17(2)14-26(22)24)9-5-20-6-10-23(27)11-7-20/h10,15,18,20,22,24-27H,4-9,11-14,16H2,1-3H3/t18-,20?,22?,24?,25?,26?/m0/s1. The minimum atomic E-state index is 0.626. The number of hydrogen-bond donors (Lipinski definition) is 1. The Bertz CT molecular complexity index is 637. The Labute approximate surface area is 167 Å². The normalized spacial score (nSPS) is 39.4. The van der Waals surface area contributed by atoms with Crippen LogP contribution in [0.3, 0.4) is 0 Å². The van der Waals surface area contributed by atoms with Gasteiger partial charge < -0.3 is 5.11 Å². The Morgan fingerprint density at radius 1 is 1.11 bits per heavy atom. The Kier molecular flexibility index (Phi) is 5.86. The van der Waals surface area contributed by atoms with E-state index in [9.17, 15) is 5.11 Å². The van der Waals surface area contributed by atoms with Gasteiger partial charge in [-0.15, -0.1) is 0 Å². The van der Waals surface area contributed by atoms with E-state index < -0.39 is 0 Å². The lowest BCUT2D eigenvalue weighted by Gasteiger charge is -2.50. The van der Waals surface area contributed by atoms with Gasteiger partial charge in [0.2, 0.25) is 0 Å². The average Bonchev–Trinajstić information content (AvgIpc) is 2.68. The van der Waals surface area contributed by atoms with Crippen LogP contribution in [-0.2, 0) is 0 Å². The minimum Gasteiger partial charge on any atom is -0.513 e. The maximum Gasteiger partial charge on any atom is 0.0883 e. The molecule has 0 bridgehead atoms. The number of hydrogen-bond acceptors (Lipinski definition) is 1. The fraction of sp³-hybridized carbons (Fsp3) is 0.769. The van der Waals surface area contributed by atoms with Gasteiger partial charge in [-0.1, -0.05) is 36.6 Å². The molecule has 27 heavy (non-hydrogen) atoms. The quantitative estimate of drug-likeness (QED) is 0.503. The van der Waals surface area contributed by atoms with E-state index in [1.165, 1.54) is 57.8 Å². The fourth-order valence-electron chi connectivity index (χ4n) is 6.94. The zero-order chi connectivity index (χ0) is 19.0. The topological polar surface area (TPSA) is 20.2 Å². The molecule has 0 amide bonds. The van der Waals surface area contributed by atoms with Crippen LogP contribution < -0.4 is 0 Å². The third-order valence-corrected chi connectivity index (χ3v) is 8.67. The summed E-state index contributed by atoms with van der Waals surface area (Å²) in [6, 6.07) is 0. The first-order chi connectivity index (χ1) is 13.0. The molecule has 0 aromatic heterocycles. The van der Waals surface area contributed by atoms with Gasteiger partial charge in [0, 0.05) is 6.42 Å². The van der Waals surface area contributed by atoms with Crippen molar-refractivity contribution in [3.05, 3.63) is 34.6 Å². The molecule has 1 heteroatoms. The smallest absolute Gasteiger partial charge is 0.0883 e. The van der Waals surface area contributed by atoms with Crippen molar-refractivity contribution in [2.75, 3.05) is 0 Å². The predicted molar refractivity (Wildman–Crippen MR) is 115 cm³/mol. The Hall–Kier alpha value is -0.980. The summed E-state index contributed by atoms with van der Waals surface area (Å²) in [4.78, 5) is 0. The van der Waals surface area contributed by atoms with Gasteiger partial charge in [0.25, 0.3) is 0 Å². The maximum atomic E-state index is 9.61. The second-order valence-electron chi connectivity index (χ2n) is 10.3. The molecule has 0 radical (unpaired) electrons. The Morgan fingerprint density at radius 3 is 2.70 bits per heavy atom. The van der Waals surface area contributed by atoms with Gasteiger partial charge >= 0.3 is 0 Å². The van der Waals surface area contributed by atoms with Crippen LogP contribution in [0.15, 0.2) is 34.6 Å². The van der Waals surface area contributed by atoms with Gasteiger partial charge in [-0.3, -0.25) is 0 Å². The van der Waals surface area contributed by atoms with E-state index in [0.717, 1.165) is 48.3 Å². The zero-order valence-corrected chi connectivity index (χ0v) is 17.8. The monoisotopic (exact) mass is 368 g/mol. The Balaban J connectivity index is 1.42. The van der Waals surface area contributed by atoms with Crippen LogP contribution in [-0.4, -0.2) is 5.11 Å². The molecule has 1 N–H and O–H groups in total. The third-order valence-electron chi connectivity index (χ3n) is 8.67. The molecular formula is C26H40O. The summed E-state index contributed by atoms with van der Waals surface area (Å²) >= 11 is 0. The molecule has 1 fully saturated rings. The predicted octanol–water partition coefficient (Wildman–Crippen LogP) is 7.75. The van der Waals surface area contributed by atoms with Gasteiger partial charge in [-0.2, -0.15) is 0 Å². The van der Waals surface area contributed by atoms with Crippen LogP contribution in [0, 0.1) is 35.5 Å². The minimum absolute atomic E-state index is 0.626. The van der Waals surface area contributed by atoms with E-state index in [-0.39, 0.29) is 0 Å². The lowest BCUT2D eigenvalue weighted by molar-refractivity contribution is 0.0494. The highest BCUT2D eigenvalue weighted by Gasteiger charge is 2.44. The molecule has 1 nitrogen and oxygen atoms in total. The molecule has 1 saturated carbocycles. The van der Waals surface area contributed by atoms with Crippen molar-refractivity contribution in [3.63, 3.8) is 0 Å². The summed E-state index contributed by atoms with van der Waals surface area (Å²) in [6.45, 7) is 7.32. The molecule has 4 rings (SSSR count). The molecule has 5 unspecified atom stereocenters. The number of fused-ring (bicyclic) bond motifs is 3. The molecule has 4 aliphatic carbocycles. The van der Waals surface area contributed by atoms with E-state index in [1.54, 1.807) is 16.7 Å². The molecule has 6 atom stereocenters. The highest BCUT2D eigenvalue weighted by atomic mass is 16.3. The van der Waals surface area contributed by atoms with Crippen molar-refractivity contribution < 1.29 is 5.11 Å². The van der Waals surface area contributed by atoms with Crippen molar-refractivity contribution >= 4 is 0 Å². The fourth-order valence-corrected chi connectivity index (χ4v) is 6.94. The highest BCUT2D eigenvalue weighted by Crippen LogP contribution is 2.54. The molecule has 0 heterocycles. The van der Waals surface area contributed by atoms with Crippen LogP contribution >= 0.6 is 0 Å². The van der Waals surface area contributed by atoms with Gasteiger partial charge in [-0.25, -0.2) is 0 Å². The molecule has 4 aliphatic rings. The molecule has 0 spiro atoms. The number of rotatable bonds is 4. The first-order valence-corrected chi connectivity index (χ1v) is 11.8. The summed E-state index contributed by atoms with van der Waals surface area (Å²) in [5.41, 5.74) is 5.28.